The molecular weight excluding hydrogens is 451 g/mol. The smallest absolute Gasteiger partial charge is 0.251 e. The summed E-state index contributed by atoms with van der Waals surface area (Å²) in [4.78, 5) is 10.0. The molecule has 0 bridgehead atoms. The summed E-state index contributed by atoms with van der Waals surface area (Å²) in [5.41, 5.74) is 1.26. The van der Waals surface area contributed by atoms with Gasteiger partial charge in [0.25, 0.3) is 6.43 Å². The van der Waals surface area contributed by atoms with Crippen molar-refractivity contribution in [3.63, 3.8) is 0 Å². The number of piperidine rings is 1. The highest BCUT2D eigenvalue weighted by atomic mass is 19.3. The molecule has 2 N–H and O–H groups in total. The number of methoxy groups -OCH3 is 1. The number of aryl methyl sites for hydroxylation is 1. The second-order valence-corrected chi connectivity index (χ2v) is 8.11. The standard InChI is InChI=1S/C21H26F3N9O/c1-13-29-30-31-33(13)16-6-15(7-17(8-16)34-2)27-21-26-10-18(22)20(28-21)25-9-14-4-3-5-32(11-14)12-19(23)24/h6-8,10,14,19H,3-5,9,11-12H2,1-2H3,(H2,25,26,27,28)/t14-/m0/s1. The molecule has 1 saturated heterocycles. The number of tetrazole rings is 1. The molecule has 34 heavy (non-hydrogen) atoms. The van der Waals surface area contributed by atoms with Crippen LogP contribution in [0.4, 0.5) is 30.6 Å². The van der Waals surface area contributed by atoms with Gasteiger partial charge in [-0.05, 0) is 48.7 Å². The van der Waals surface area contributed by atoms with Gasteiger partial charge in [-0.3, -0.25) is 4.90 Å². The van der Waals surface area contributed by atoms with Gasteiger partial charge in [0.1, 0.15) is 5.75 Å². The van der Waals surface area contributed by atoms with Crippen LogP contribution in [0.3, 0.4) is 0 Å². The Bertz CT molecular complexity index is 1110. The molecule has 4 rings (SSSR count). The number of hydrogen-bond donors (Lipinski definition) is 2. The number of likely N-dealkylation sites (tertiary alicyclic amines) is 1. The number of hydrogen-bond acceptors (Lipinski definition) is 9. The predicted octanol–water partition coefficient (Wildman–Crippen LogP) is 3.04. The number of alkyl halides is 2. The van der Waals surface area contributed by atoms with Gasteiger partial charge in [0.15, 0.2) is 17.5 Å². The van der Waals surface area contributed by atoms with Crippen LogP contribution in [0.1, 0.15) is 18.7 Å². The first-order valence-electron chi connectivity index (χ1n) is 10.9. The Labute approximate surface area is 194 Å². The van der Waals surface area contributed by atoms with Crippen molar-refractivity contribution in [3.8, 4) is 11.4 Å². The molecule has 0 spiro atoms. The molecule has 3 aromatic rings. The fraction of sp³-hybridized carbons (Fsp3) is 0.476. The van der Waals surface area contributed by atoms with Crippen LogP contribution in [0.15, 0.2) is 24.4 Å². The molecule has 1 aliphatic heterocycles. The first kappa shape index (κ1) is 23.7. The summed E-state index contributed by atoms with van der Waals surface area (Å²) in [5, 5.41) is 17.6. The molecule has 0 unspecified atom stereocenters. The second kappa shape index (κ2) is 10.6. The molecule has 0 saturated carbocycles. The molecule has 0 radical (unpaired) electrons. The number of rotatable bonds is 9. The van der Waals surface area contributed by atoms with E-state index in [1.807, 2.05) is 0 Å². The van der Waals surface area contributed by atoms with E-state index in [9.17, 15) is 13.2 Å². The lowest BCUT2D eigenvalue weighted by Crippen LogP contribution is -2.40. The van der Waals surface area contributed by atoms with Crippen molar-refractivity contribution < 1.29 is 17.9 Å². The fourth-order valence-electron chi connectivity index (χ4n) is 3.97. The summed E-state index contributed by atoms with van der Waals surface area (Å²) in [5.74, 6) is 0.905. The van der Waals surface area contributed by atoms with E-state index in [-0.39, 0.29) is 24.2 Å². The van der Waals surface area contributed by atoms with Crippen molar-refractivity contribution in [3.05, 3.63) is 36.0 Å². The highest BCUT2D eigenvalue weighted by molar-refractivity contribution is 5.61. The summed E-state index contributed by atoms with van der Waals surface area (Å²) in [7, 11) is 1.54. The topological polar surface area (TPSA) is 106 Å². The normalized spacial score (nSPS) is 16.6. The number of benzene rings is 1. The molecular formula is C21H26F3N9O. The zero-order chi connectivity index (χ0) is 24.1. The zero-order valence-corrected chi connectivity index (χ0v) is 18.9. The van der Waals surface area contributed by atoms with Crippen molar-refractivity contribution in [1.29, 1.82) is 0 Å². The van der Waals surface area contributed by atoms with Crippen LogP contribution in [-0.4, -0.2) is 74.8 Å². The minimum atomic E-state index is -2.36. The molecule has 1 aliphatic rings. The molecule has 2 aromatic heterocycles. The third-order valence-electron chi connectivity index (χ3n) is 5.55. The third kappa shape index (κ3) is 5.90. The first-order chi connectivity index (χ1) is 16.4. The van der Waals surface area contributed by atoms with Crippen LogP contribution in [0.2, 0.25) is 0 Å². The maximum atomic E-state index is 14.4. The average Bonchev–Trinajstić information content (AvgIpc) is 3.25. The molecule has 10 nitrogen and oxygen atoms in total. The Morgan fingerprint density at radius 1 is 1.26 bits per heavy atom. The lowest BCUT2D eigenvalue weighted by Gasteiger charge is -2.32. The van der Waals surface area contributed by atoms with E-state index in [1.165, 1.54) is 0 Å². The fourth-order valence-corrected chi connectivity index (χ4v) is 3.97. The van der Waals surface area contributed by atoms with Gasteiger partial charge in [-0.25, -0.2) is 18.2 Å². The van der Waals surface area contributed by atoms with Gasteiger partial charge >= 0.3 is 0 Å². The second-order valence-electron chi connectivity index (χ2n) is 8.11. The van der Waals surface area contributed by atoms with Gasteiger partial charge < -0.3 is 15.4 Å². The average molecular weight is 477 g/mol. The minimum absolute atomic E-state index is 0.0444. The number of halogens is 3. The van der Waals surface area contributed by atoms with Crippen molar-refractivity contribution in [2.45, 2.75) is 26.2 Å². The van der Waals surface area contributed by atoms with Crippen LogP contribution in [0.5, 0.6) is 5.75 Å². The Morgan fingerprint density at radius 3 is 2.85 bits per heavy atom. The number of nitrogens with zero attached hydrogens (tertiary/aromatic N) is 7. The third-order valence-corrected chi connectivity index (χ3v) is 5.55. The van der Waals surface area contributed by atoms with Crippen LogP contribution in [0.25, 0.3) is 5.69 Å². The van der Waals surface area contributed by atoms with Crippen molar-refractivity contribution in [2.75, 3.05) is 43.9 Å². The van der Waals surface area contributed by atoms with Gasteiger partial charge in [-0.1, -0.05) is 0 Å². The predicted molar refractivity (Wildman–Crippen MR) is 119 cm³/mol. The highest BCUT2D eigenvalue weighted by Gasteiger charge is 2.22. The minimum Gasteiger partial charge on any atom is -0.497 e. The Kier molecular flexibility index (Phi) is 7.40. The van der Waals surface area contributed by atoms with Gasteiger partial charge in [0.2, 0.25) is 5.95 Å². The molecule has 1 atom stereocenters. The number of anilines is 3. The van der Waals surface area contributed by atoms with E-state index in [4.69, 9.17) is 4.74 Å². The van der Waals surface area contributed by atoms with Crippen molar-refractivity contribution in [1.82, 2.24) is 35.1 Å². The largest absolute Gasteiger partial charge is 0.497 e. The molecule has 0 aliphatic carbocycles. The number of aromatic nitrogens is 6. The van der Waals surface area contributed by atoms with E-state index in [0.29, 0.717) is 42.6 Å². The van der Waals surface area contributed by atoms with Crippen LogP contribution in [-0.2, 0) is 0 Å². The molecule has 1 aromatic carbocycles. The van der Waals surface area contributed by atoms with Gasteiger partial charge in [0.05, 0.1) is 25.5 Å². The van der Waals surface area contributed by atoms with Crippen molar-refractivity contribution in [2.24, 2.45) is 5.92 Å². The number of ether oxygens (including phenoxy) is 1. The first-order valence-corrected chi connectivity index (χ1v) is 10.9. The highest BCUT2D eigenvalue weighted by Crippen LogP contribution is 2.26. The Balaban J connectivity index is 1.46. The Hall–Kier alpha value is -3.48. The number of nitrogens with one attached hydrogen (secondary N) is 2. The summed E-state index contributed by atoms with van der Waals surface area (Å²) < 4.78 is 46.7. The summed E-state index contributed by atoms with van der Waals surface area (Å²) in [6.07, 6.45) is 0.431. The van der Waals surface area contributed by atoms with E-state index in [1.54, 1.807) is 41.8 Å². The quantitative estimate of drug-likeness (QED) is 0.481. The molecule has 182 valence electrons. The molecule has 1 fully saturated rings. The maximum Gasteiger partial charge on any atom is 0.251 e. The summed E-state index contributed by atoms with van der Waals surface area (Å²) in [6.45, 7) is 3.16. The molecule has 13 heteroatoms. The zero-order valence-electron chi connectivity index (χ0n) is 18.9. The Morgan fingerprint density at radius 2 is 2.12 bits per heavy atom. The van der Waals surface area contributed by atoms with Crippen molar-refractivity contribution >= 4 is 17.5 Å². The van der Waals surface area contributed by atoms with Gasteiger partial charge in [0, 0.05) is 30.9 Å². The van der Waals surface area contributed by atoms with Gasteiger partial charge in [-0.15, -0.1) is 5.10 Å². The van der Waals surface area contributed by atoms with E-state index >= 15 is 0 Å². The summed E-state index contributed by atoms with van der Waals surface area (Å²) >= 11 is 0. The SMILES string of the molecule is COc1cc(Nc2ncc(F)c(NC[C@@H]3CCCN(CC(F)F)C3)n2)cc(-n2nnnc2C)c1. The lowest BCUT2D eigenvalue weighted by molar-refractivity contribution is 0.0666. The molecule has 0 amide bonds. The summed E-state index contributed by atoms with van der Waals surface area (Å²) in [6, 6.07) is 5.29. The van der Waals surface area contributed by atoms with Crippen LogP contribution in [0, 0.1) is 18.7 Å². The maximum absolute atomic E-state index is 14.4. The van der Waals surface area contributed by atoms with E-state index in [0.717, 1.165) is 19.0 Å². The lowest BCUT2D eigenvalue weighted by atomic mass is 9.98. The van der Waals surface area contributed by atoms with Crippen LogP contribution >= 0.6 is 0 Å². The molecule has 3 heterocycles. The van der Waals surface area contributed by atoms with E-state index < -0.39 is 12.2 Å². The van der Waals surface area contributed by atoms with E-state index in [2.05, 4.69) is 36.1 Å². The van der Waals surface area contributed by atoms with Gasteiger partial charge in [-0.2, -0.15) is 9.67 Å². The van der Waals surface area contributed by atoms with Crippen LogP contribution < -0.4 is 15.4 Å². The monoisotopic (exact) mass is 477 g/mol.